The van der Waals surface area contributed by atoms with Gasteiger partial charge in [-0.15, -0.1) is 11.8 Å². The molecule has 1 aromatic heterocycles. The van der Waals surface area contributed by atoms with Gasteiger partial charge in [0.2, 0.25) is 0 Å². The number of nitrogens with zero attached hydrogens (tertiary/aromatic N) is 3. The number of imidazole rings is 1. The zero-order valence-corrected chi connectivity index (χ0v) is 20.9. The highest BCUT2D eigenvalue weighted by molar-refractivity contribution is 8.02. The molecule has 7 nitrogen and oxygen atoms in total. The molecule has 1 aliphatic carbocycles. The summed E-state index contributed by atoms with van der Waals surface area (Å²) in [4.78, 5) is 32.6. The van der Waals surface area contributed by atoms with E-state index in [-0.39, 0.29) is 33.7 Å². The Kier molecular flexibility index (Phi) is 6.80. The summed E-state index contributed by atoms with van der Waals surface area (Å²) in [7, 11) is 0. The first kappa shape index (κ1) is 24.1. The second-order valence-corrected chi connectivity index (χ2v) is 12.2. The third-order valence-corrected chi connectivity index (χ3v) is 8.27. The minimum Gasteiger partial charge on any atom is -0.396 e. The van der Waals surface area contributed by atoms with Crippen molar-refractivity contribution >= 4 is 35.2 Å². The number of amides is 2. The van der Waals surface area contributed by atoms with E-state index < -0.39 is 0 Å². The van der Waals surface area contributed by atoms with E-state index in [4.69, 9.17) is 11.6 Å². The number of fused-ring (bicyclic) bond motifs is 1. The molecular formula is C24H31ClN4O3S. The second kappa shape index (κ2) is 9.31. The fourth-order valence-corrected chi connectivity index (χ4v) is 6.43. The maximum Gasteiger partial charge on any atom is 0.287 e. The molecule has 2 N–H and O–H groups in total. The summed E-state index contributed by atoms with van der Waals surface area (Å²) in [6.45, 7) is 8.42. The predicted molar refractivity (Wildman–Crippen MR) is 131 cm³/mol. The molecular weight excluding hydrogens is 460 g/mol. The zero-order chi connectivity index (χ0) is 23.8. The van der Waals surface area contributed by atoms with Gasteiger partial charge in [0.1, 0.15) is 5.69 Å². The average molecular weight is 491 g/mol. The molecule has 2 amide bonds. The van der Waals surface area contributed by atoms with Gasteiger partial charge in [-0.2, -0.15) is 0 Å². The van der Waals surface area contributed by atoms with Crippen LogP contribution in [0.5, 0.6) is 0 Å². The Morgan fingerprint density at radius 1 is 1.27 bits per heavy atom. The molecule has 4 rings (SSSR count). The molecule has 2 aromatic rings. The smallest absolute Gasteiger partial charge is 0.287 e. The zero-order valence-electron chi connectivity index (χ0n) is 19.4. The third-order valence-electron chi connectivity index (χ3n) is 6.29. The van der Waals surface area contributed by atoms with Gasteiger partial charge < -0.3 is 19.9 Å². The number of carbonyl (C=O) groups is 2. The van der Waals surface area contributed by atoms with Crippen LogP contribution in [-0.2, 0) is 13.1 Å². The van der Waals surface area contributed by atoms with Crippen molar-refractivity contribution in [2.24, 2.45) is 0 Å². The molecule has 0 spiro atoms. The Balaban J connectivity index is 1.44. The lowest BCUT2D eigenvalue weighted by Crippen LogP contribution is -2.45. The second-order valence-electron chi connectivity index (χ2n) is 9.58. The van der Waals surface area contributed by atoms with Crippen LogP contribution in [0, 0.1) is 6.92 Å². The van der Waals surface area contributed by atoms with Crippen LogP contribution in [0.3, 0.4) is 0 Å². The number of nitrogens with one attached hydrogen (secondary N) is 1. The Hall–Kier alpha value is -2.03. The van der Waals surface area contributed by atoms with E-state index in [1.807, 2.05) is 28.8 Å². The SMILES string of the molecule is Cc1nc(C(=O)NCc2ccc(Cl)cc2)n2c1C(=O)N(CC1(SC(C)(C)CCO)CC1)CC2. The van der Waals surface area contributed by atoms with Crippen molar-refractivity contribution in [1.29, 1.82) is 0 Å². The Morgan fingerprint density at radius 3 is 2.61 bits per heavy atom. The number of aromatic nitrogens is 2. The number of carbonyl (C=O) groups excluding carboxylic acids is 2. The molecule has 2 aliphatic rings. The van der Waals surface area contributed by atoms with Crippen LogP contribution in [0.15, 0.2) is 24.3 Å². The average Bonchev–Trinajstić information content (AvgIpc) is 3.40. The number of hydrogen-bond donors (Lipinski definition) is 2. The van der Waals surface area contributed by atoms with Crippen molar-refractivity contribution in [1.82, 2.24) is 19.8 Å². The Labute approximate surface area is 203 Å². The first-order valence-corrected chi connectivity index (χ1v) is 12.5. The summed E-state index contributed by atoms with van der Waals surface area (Å²) < 4.78 is 1.79. The molecule has 1 aliphatic heterocycles. The number of hydrogen-bond acceptors (Lipinski definition) is 5. The minimum atomic E-state index is -0.291. The van der Waals surface area contributed by atoms with E-state index in [1.54, 1.807) is 23.6 Å². The van der Waals surface area contributed by atoms with Gasteiger partial charge in [-0.25, -0.2) is 4.98 Å². The van der Waals surface area contributed by atoms with Crippen LogP contribution in [0.4, 0.5) is 0 Å². The van der Waals surface area contributed by atoms with Gasteiger partial charge in [0.15, 0.2) is 5.82 Å². The highest BCUT2D eigenvalue weighted by Crippen LogP contribution is 2.54. The van der Waals surface area contributed by atoms with Crippen molar-refractivity contribution in [2.75, 3.05) is 19.7 Å². The van der Waals surface area contributed by atoms with E-state index >= 15 is 0 Å². The van der Waals surface area contributed by atoms with E-state index in [1.165, 1.54) is 0 Å². The summed E-state index contributed by atoms with van der Waals surface area (Å²) in [5.74, 6) is -0.0700. The molecule has 1 aromatic carbocycles. The molecule has 2 heterocycles. The number of aliphatic hydroxyl groups excluding tert-OH is 1. The number of rotatable bonds is 9. The lowest BCUT2D eigenvalue weighted by molar-refractivity contribution is 0.0698. The molecule has 1 saturated carbocycles. The van der Waals surface area contributed by atoms with Gasteiger partial charge in [0.25, 0.3) is 11.8 Å². The van der Waals surface area contributed by atoms with Crippen LogP contribution < -0.4 is 5.32 Å². The third kappa shape index (κ3) is 5.39. The molecule has 1 fully saturated rings. The van der Waals surface area contributed by atoms with E-state index in [9.17, 15) is 14.7 Å². The molecule has 0 bridgehead atoms. The van der Waals surface area contributed by atoms with Crippen molar-refractivity contribution in [3.63, 3.8) is 0 Å². The van der Waals surface area contributed by atoms with Gasteiger partial charge in [0, 0.05) is 47.3 Å². The van der Waals surface area contributed by atoms with Gasteiger partial charge in [-0.1, -0.05) is 37.6 Å². The van der Waals surface area contributed by atoms with Crippen molar-refractivity contribution < 1.29 is 14.7 Å². The highest BCUT2D eigenvalue weighted by Gasteiger charge is 2.49. The maximum atomic E-state index is 13.4. The van der Waals surface area contributed by atoms with E-state index in [0.29, 0.717) is 42.6 Å². The van der Waals surface area contributed by atoms with E-state index in [2.05, 4.69) is 24.1 Å². The molecule has 0 saturated heterocycles. The van der Waals surface area contributed by atoms with Crippen LogP contribution in [0.2, 0.25) is 5.02 Å². The monoisotopic (exact) mass is 490 g/mol. The number of aryl methyl sites for hydroxylation is 1. The quantitative estimate of drug-likeness (QED) is 0.560. The highest BCUT2D eigenvalue weighted by atomic mass is 35.5. The lowest BCUT2D eigenvalue weighted by atomic mass is 10.1. The van der Waals surface area contributed by atoms with Crippen LogP contribution in [-0.4, -0.2) is 60.6 Å². The number of aliphatic hydroxyl groups is 1. The predicted octanol–water partition coefficient (Wildman–Crippen LogP) is 3.66. The number of benzene rings is 1. The molecule has 33 heavy (non-hydrogen) atoms. The van der Waals surface area contributed by atoms with Crippen LogP contribution >= 0.6 is 23.4 Å². The fraction of sp³-hybridized carbons (Fsp3) is 0.542. The topological polar surface area (TPSA) is 87.5 Å². The van der Waals surface area contributed by atoms with Crippen LogP contribution in [0.25, 0.3) is 0 Å². The first-order valence-electron chi connectivity index (χ1n) is 11.3. The summed E-state index contributed by atoms with van der Waals surface area (Å²) >= 11 is 7.81. The van der Waals surface area contributed by atoms with Crippen molar-refractivity contribution in [3.05, 3.63) is 52.1 Å². The first-order chi connectivity index (χ1) is 15.6. The molecule has 0 atom stereocenters. The van der Waals surface area contributed by atoms with Crippen molar-refractivity contribution in [2.45, 2.75) is 62.6 Å². The maximum absolute atomic E-state index is 13.4. The number of halogens is 1. The van der Waals surface area contributed by atoms with Gasteiger partial charge in [-0.3, -0.25) is 9.59 Å². The van der Waals surface area contributed by atoms with Gasteiger partial charge in [-0.05, 0) is 43.9 Å². The summed E-state index contributed by atoms with van der Waals surface area (Å²) in [6.07, 6.45) is 2.88. The summed E-state index contributed by atoms with van der Waals surface area (Å²) in [5, 5.41) is 12.9. The van der Waals surface area contributed by atoms with Gasteiger partial charge >= 0.3 is 0 Å². The summed E-state index contributed by atoms with van der Waals surface area (Å²) in [5.41, 5.74) is 2.03. The normalized spacial score (nSPS) is 17.1. The standard InChI is InChI=1S/C24H31ClN4O3S/c1-16-19-22(32)28(15-24(8-9-24)33-23(2,3)10-13-30)11-12-29(19)20(27-16)21(31)26-14-17-4-6-18(25)7-5-17/h4-7,30H,8-15H2,1-3H3,(H,26,31). The fourth-order valence-electron chi connectivity index (χ4n) is 4.41. The largest absolute Gasteiger partial charge is 0.396 e. The van der Waals surface area contributed by atoms with Crippen LogP contribution in [0.1, 0.15) is 65.5 Å². The minimum absolute atomic E-state index is 0.0306. The molecule has 0 radical (unpaired) electrons. The molecule has 9 heteroatoms. The Morgan fingerprint density at radius 2 is 1.97 bits per heavy atom. The molecule has 0 unspecified atom stereocenters. The lowest BCUT2D eigenvalue weighted by Gasteiger charge is -2.35. The van der Waals surface area contributed by atoms with Crippen molar-refractivity contribution in [3.8, 4) is 0 Å². The van der Waals surface area contributed by atoms with E-state index in [0.717, 1.165) is 24.8 Å². The van der Waals surface area contributed by atoms with Gasteiger partial charge in [0.05, 0.1) is 5.69 Å². The molecule has 178 valence electrons. The number of thioether (sulfide) groups is 1. The Bertz CT molecular complexity index is 1050. The summed E-state index contributed by atoms with van der Waals surface area (Å²) in [6, 6.07) is 7.30.